The SMILES string of the molecule is Fc1ccccc1N1C(=S)NC(c2ccccn2)C1c1ccc(-c2ccccc2)o1. The molecule has 0 saturated carbocycles. The first kappa shape index (κ1) is 18.5. The molecule has 1 aliphatic heterocycles. The Morgan fingerprint density at radius 1 is 0.900 bits per heavy atom. The predicted octanol–water partition coefficient (Wildman–Crippen LogP) is 5.66. The molecule has 1 aliphatic rings. The third-order valence-corrected chi connectivity index (χ3v) is 5.50. The van der Waals surface area contributed by atoms with Gasteiger partial charge in [-0.1, -0.05) is 48.5 Å². The van der Waals surface area contributed by atoms with Gasteiger partial charge in [0, 0.05) is 11.8 Å². The van der Waals surface area contributed by atoms with Gasteiger partial charge in [0.15, 0.2) is 5.11 Å². The van der Waals surface area contributed by atoms with Gasteiger partial charge in [-0.15, -0.1) is 0 Å². The van der Waals surface area contributed by atoms with Gasteiger partial charge in [-0.2, -0.15) is 0 Å². The molecular weight excluding hydrogens is 397 g/mol. The number of thiocarbonyl (C=S) groups is 1. The van der Waals surface area contributed by atoms with Crippen molar-refractivity contribution in [2.75, 3.05) is 4.90 Å². The number of halogens is 1. The molecule has 2 aromatic heterocycles. The van der Waals surface area contributed by atoms with Crippen LogP contribution in [0.5, 0.6) is 0 Å². The molecule has 30 heavy (non-hydrogen) atoms. The normalized spacial score (nSPS) is 18.4. The van der Waals surface area contributed by atoms with Crippen molar-refractivity contribution < 1.29 is 8.81 Å². The van der Waals surface area contributed by atoms with Gasteiger partial charge in [-0.3, -0.25) is 4.98 Å². The largest absolute Gasteiger partial charge is 0.459 e. The molecule has 148 valence electrons. The summed E-state index contributed by atoms with van der Waals surface area (Å²) in [5.41, 5.74) is 2.18. The van der Waals surface area contributed by atoms with Crippen LogP contribution in [0.4, 0.5) is 10.1 Å². The maximum Gasteiger partial charge on any atom is 0.174 e. The zero-order valence-electron chi connectivity index (χ0n) is 15.9. The topological polar surface area (TPSA) is 41.3 Å². The fourth-order valence-electron chi connectivity index (χ4n) is 3.82. The molecule has 4 aromatic rings. The molecule has 2 unspecified atom stereocenters. The van der Waals surface area contributed by atoms with Gasteiger partial charge in [0.1, 0.15) is 23.4 Å². The Morgan fingerprint density at radius 3 is 2.43 bits per heavy atom. The number of nitrogens with one attached hydrogen (secondary N) is 1. The third-order valence-electron chi connectivity index (χ3n) is 5.19. The highest BCUT2D eigenvalue weighted by molar-refractivity contribution is 7.80. The van der Waals surface area contributed by atoms with Crippen LogP contribution >= 0.6 is 12.2 Å². The van der Waals surface area contributed by atoms with E-state index in [1.54, 1.807) is 29.3 Å². The molecule has 1 N–H and O–H groups in total. The van der Waals surface area contributed by atoms with Gasteiger partial charge in [-0.05, 0) is 48.6 Å². The van der Waals surface area contributed by atoms with Crippen LogP contribution in [0.2, 0.25) is 0 Å². The maximum atomic E-state index is 14.7. The first-order chi connectivity index (χ1) is 14.7. The van der Waals surface area contributed by atoms with Gasteiger partial charge in [0.05, 0.1) is 17.4 Å². The Balaban J connectivity index is 1.62. The van der Waals surface area contributed by atoms with E-state index in [0.717, 1.165) is 17.0 Å². The van der Waals surface area contributed by atoms with Crippen molar-refractivity contribution in [3.63, 3.8) is 0 Å². The molecule has 1 saturated heterocycles. The van der Waals surface area contributed by atoms with Crippen molar-refractivity contribution in [1.82, 2.24) is 10.3 Å². The lowest BCUT2D eigenvalue weighted by Crippen LogP contribution is -2.30. The number of pyridine rings is 1. The minimum absolute atomic E-state index is 0.284. The number of rotatable bonds is 4. The second-order valence-corrected chi connectivity index (χ2v) is 7.40. The Morgan fingerprint density at radius 2 is 1.67 bits per heavy atom. The van der Waals surface area contributed by atoms with Crippen LogP contribution in [-0.2, 0) is 0 Å². The lowest BCUT2D eigenvalue weighted by atomic mass is 10.0. The standard InChI is InChI=1S/C24H18FN3OS/c25-17-10-4-5-12-19(17)28-23(22(27-24(28)30)18-11-6-7-15-26-18)21-14-13-20(29-21)16-8-2-1-3-9-16/h1-15,22-23H,(H,27,30). The first-order valence-corrected chi connectivity index (χ1v) is 10.0. The predicted molar refractivity (Wildman–Crippen MR) is 118 cm³/mol. The quantitative estimate of drug-likeness (QED) is 0.436. The second kappa shape index (κ2) is 7.72. The van der Waals surface area contributed by atoms with Crippen molar-refractivity contribution in [2.24, 2.45) is 0 Å². The van der Waals surface area contributed by atoms with E-state index < -0.39 is 0 Å². The molecule has 0 bridgehead atoms. The Labute approximate surface area is 179 Å². The molecule has 6 heteroatoms. The monoisotopic (exact) mass is 415 g/mol. The summed E-state index contributed by atoms with van der Waals surface area (Å²) in [7, 11) is 0. The molecule has 5 rings (SSSR count). The summed E-state index contributed by atoms with van der Waals surface area (Å²) in [6.45, 7) is 0. The van der Waals surface area contributed by atoms with Crippen molar-refractivity contribution in [3.8, 4) is 11.3 Å². The van der Waals surface area contributed by atoms with Crippen molar-refractivity contribution in [1.29, 1.82) is 0 Å². The number of anilines is 1. The van der Waals surface area contributed by atoms with E-state index in [1.165, 1.54) is 6.07 Å². The number of furan rings is 1. The summed E-state index contributed by atoms with van der Waals surface area (Å²) in [6, 6.07) is 25.4. The van der Waals surface area contributed by atoms with Crippen molar-refractivity contribution in [2.45, 2.75) is 12.1 Å². The fraction of sp³-hybridized carbons (Fsp3) is 0.0833. The minimum atomic E-state index is -0.387. The smallest absolute Gasteiger partial charge is 0.174 e. The molecule has 3 heterocycles. The van der Waals surface area contributed by atoms with Crippen LogP contribution in [0.1, 0.15) is 23.5 Å². The maximum absolute atomic E-state index is 14.7. The Kier molecular flexibility index (Phi) is 4.77. The van der Waals surface area contributed by atoms with Crippen LogP contribution in [0.3, 0.4) is 0 Å². The number of benzene rings is 2. The van der Waals surface area contributed by atoms with E-state index in [4.69, 9.17) is 16.6 Å². The average Bonchev–Trinajstić information content (AvgIpc) is 3.40. The van der Waals surface area contributed by atoms with E-state index in [1.807, 2.05) is 60.7 Å². The van der Waals surface area contributed by atoms with Crippen molar-refractivity contribution in [3.05, 3.63) is 108 Å². The summed E-state index contributed by atoms with van der Waals surface area (Å²) in [6.07, 6.45) is 1.74. The van der Waals surface area contributed by atoms with Crippen LogP contribution in [-0.4, -0.2) is 10.1 Å². The fourth-order valence-corrected chi connectivity index (χ4v) is 4.16. The average molecular weight is 415 g/mol. The molecule has 2 atom stereocenters. The molecular formula is C24H18FN3OS. The highest BCUT2D eigenvalue weighted by Crippen LogP contribution is 2.43. The second-order valence-electron chi connectivity index (χ2n) is 7.02. The van der Waals surface area contributed by atoms with Crippen LogP contribution in [0, 0.1) is 5.82 Å². The van der Waals surface area contributed by atoms with Gasteiger partial charge in [0.25, 0.3) is 0 Å². The summed E-state index contributed by atoms with van der Waals surface area (Å²) in [5.74, 6) is 1.08. The van der Waals surface area contributed by atoms with Crippen LogP contribution in [0.25, 0.3) is 11.3 Å². The minimum Gasteiger partial charge on any atom is -0.459 e. The number of hydrogen-bond donors (Lipinski definition) is 1. The Bertz CT molecular complexity index is 1180. The molecule has 4 nitrogen and oxygen atoms in total. The van der Waals surface area contributed by atoms with E-state index in [9.17, 15) is 4.39 Å². The Hall–Kier alpha value is -3.51. The lowest BCUT2D eigenvalue weighted by Gasteiger charge is -2.26. The van der Waals surface area contributed by atoms with Gasteiger partial charge in [0.2, 0.25) is 0 Å². The third kappa shape index (κ3) is 3.25. The first-order valence-electron chi connectivity index (χ1n) is 9.63. The molecule has 0 radical (unpaired) electrons. The number of aromatic nitrogens is 1. The summed E-state index contributed by atoms with van der Waals surface area (Å²) < 4.78 is 21.0. The van der Waals surface area contributed by atoms with Crippen LogP contribution < -0.4 is 10.2 Å². The molecule has 0 spiro atoms. The molecule has 2 aromatic carbocycles. The lowest BCUT2D eigenvalue weighted by molar-refractivity contribution is 0.438. The van der Waals surface area contributed by atoms with Crippen molar-refractivity contribution >= 4 is 23.0 Å². The molecule has 0 aliphatic carbocycles. The van der Waals surface area contributed by atoms with E-state index >= 15 is 0 Å². The summed E-state index contributed by atoms with van der Waals surface area (Å²) in [5, 5.41) is 3.74. The molecule has 1 fully saturated rings. The van der Waals surface area contributed by atoms with Gasteiger partial charge in [-0.25, -0.2) is 4.39 Å². The zero-order valence-corrected chi connectivity index (χ0v) is 16.7. The number of nitrogens with zero attached hydrogens (tertiary/aromatic N) is 2. The molecule has 0 amide bonds. The van der Waals surface area contributed by atoms with E-state index in [0.29, 0.717) is 16.6 Å². The van der Waals surface area contributed by atoms with Crippen LogP contribution in [0.15, 0.2) is 95.5 Å². The highest BCUT2D eigenvalue weighted by atomic mass is 32.1. The zero-order chi connectivity index (χ0) is 20.5. The summed E-state index contributed by atoms with van der Waals surface area (Å²) >= 11 is 5.62. The number of para-hydroxylation sites is 1. The van der Waals surface area contributed by atoms with E-state index in [2.05, 4.69) is 10.3 Å². The van der Waals surface area contributed by atoms with E-state index in [-0.39, 0.29) is 17.9 Å². The van der Waals surface area contributed by atoms with Gasteiger partial charge >= 0.3 is 0 Å². The number of hydrogen-bond acceptors (Lipinski definition) is 3. The highest BCUT2D eigenvalue weighted by Gasteiger charge is 2.43. The summed E-state index contributed by atoms with van der Waals surface area (Å²) in [4.78, 5) is 6.28. The van der Waals surface area contributed by atoms with Gasteiger partial charge < -0.3 is 14.6 Å².